The van der Waals surface area contributed by atoms with Gasteiger partial charge in [0.15, 0.2) is 0 Å². The third kappa shape index (κ3) is 5.19. The summed E-state index contributed by atoms with van der Waals surface area (Å²) in [6.45, 7) is 5.60. The largest absolute Gasteiger partial charge is 0.355 e. The molecule has 0 fully saturated rings. The Labute approximate surface area is 77.5 Å². The third-order valence-electron chi connectivity index (χ3n) is 1.44. The van der Waals surface area contributed by atoms with Crippen molar-refractivity contribution in [3.63, 3.8) is 0 Å². The molecule has 76 valence electrons. The lowest BCUT2D eigenvalue weighted by Crippen LogP contribution is -2.36. The third-order valence-corrected chi connectivity index (χ3v) is 1.44. The Morgan fingerprint density at radius 3 is 2.23 bits per heavy atom. The van der Waals surface area contributed by atoms with E-state index in [9.17, 15) is 9.59 Å². The average Bonchev–Trinajstić information content (AvgIpc) is 2.02. The molecular weight excluding hydrogens is 172 g/mol. The number of hydrogen-bond donors (Lipinski definition) is 3. The van der Waals surface area contributed by atoms with Crippen LogP contribution in [0.1, 0.15) is 27.2 Å². The van der Waals surface area contributed by atoms with Crippen molar-refractivity contribution in [3.8, 4) is 0 Å². The summed E-state index contributed by atoms with van der Waals surface area (Å²) in [5, 5.41) is 10.7. The smallest absolute Gasteiger partial charge is 0.245 e. The molecule has 5 heteroatoms. The van der Waals surface area contributed by atoms with Crippen LogP contribution in [0.5, 0.6) is 0 Å². The molecule has 5 nitrogen and oxygen atoms in total. The molecule has 0 aliphatic heterocycles. The van der Waals surface area contributed by atoms with Gasteiger partial charge in [0.2, 0.25) is 11.8 Å². The summed E-state index contributed by atoms with van der Waals surface area (Å²) in [6, 6.07) is 0. The monoisotopic (exact) mass is 188 g/mol. The van der Waals surface area contributed by atoms with Gasteiger partial charge in [0, 0.05) is 18.4 Å². The van der Waals surface area contributed by atoms with Crippen molar-refractivity contribution in [1.82, 2.24) is 10.8 Å². The maximum Gasteiger partial charge on any atom is 0.245 e. The van der Waals surface area contributed by atoms with E-state index in [1.54, 1.807) is 20.8 Å². The number of hydroxylamine groups is 1. The molecule has 0 atom stereocenters. The second-order valence-electron chi connectivity index (χ2n) is 3.79. The molecule has 0 aromatic heterocycles. The first-order valence-electron chi connectivity index (χ1n) is 4.09. The van der Waals surface area contributed by atoms with E-state index in [2.05, 4.69) is 5.32 Å². The molecule has 0 aliphatic rings. The first-order chi connectivity index (χ1) is 5.88. The summed E-state index contributed by atoms with van der Waals surface area (Å²) in [6.07, 6.45) is 0.0817. The molecule has 2 amide bonds. The molecule has 0 aromatic rings. The number of carbonyl (C=O) groups excluding carboxylic acids is 2. The lowest BCUT2D eigenvalue weighted by Gasteiger charge is -2.17. The molecular formula is C8H16N2O3. The molecule has 0 heterocycles. The van der Waals surface area contributed by atoms with Crippen LogP contribution in [0.4, 0.5) is 0 Å². The standard InChI is InChI=1S/C8H16N2O3/c1-8(2,3)7(12)9-5-4-6(11)10-13/h13H,4-5H2,1-3H3,(H,9,12)(H,10,11). The number of carbonyl (C=O) groups is 2. The molecule has 0 rings (SSSR count). The highest BCUT2D eigenvalue weighted by atomic mass is 16.5. The van der Waals surface area contributed by atoms with Crippen molar-refractivity contribution in [2.75, 3.05) is 6.54 Å². The Morgan fingerprint density at radius 2 is 1.85 bits per heavy atom. The zero-order valence-corrected chi connectivity index (χ0v) is 8.18. The summed E-state index contributed by atoms with van der Waals surface area (Å²) >= 11 is 0. The van der Waals surface area contributed by atoms with Gasteiger partial charge in [-0.25, -0.2) is 5.48 Å². The predicted octanol–water partition coefficient (Wildman–Crippen LogP) is 0.0442. The van der Waals surface area contributed by atoms with Crippen molar-refractivity contribution in [2.45, 2.75) is 27.2 Å². The minimum atomic E-state index is -0.505. The molecule has 13 heavy (non-hydrogen) atoms. The van der Waals surface area contributed by atoms with Gasteiger partial charge < -0.3 is 5.32 Å². The fourth-order valence-corrected chi connectivity index (χ4v) is 0.611. The lowest BCUT2D eigenvalue weighted by molar-refractivity contribution is -0.130. The lowest BCUT2D eigenvalue weighted by atomic mass is 9.96. The van der Waals surface area contributed by atoms with Gasteiger partial charge in [-0.15, -0.1) is 0 Å². The Morgan fingerprint density at radius 1 is 1.31 bits per heavy atom. The van der Waals surface area contributed by atoms with Crippen LogP contribution in [0, 0.1) is 5.41 Å². The van der Waals surface area contributed by atoms with Crippen LogP contribution >= 0.6 is 0 Å². The Balaban J connectivity index is 3.67. The molecule has 0 radical (unpaired) electrons. The Kier molecular flexibility index (Phi) is 4.40. The van der Waals surface area contributed by atoms with Gasteiger partial charge in [0.1, 0.15) is 0 Å². The Bertz CT molecular complexity index is 196. The van der Waals surface area contributed by atoms with Crippen molar-refractivity contribution in [1.29, 1.82) is 0 Å². The molecule has 0 saturated carbocycles. The second kappa shape index (κ2) is 4.81. The summed E-state index contributed by atoms with van der Waals surface area (Å²) in [5.74, 6) is -0.618. The highest BCUT2D eigenvalue weighted by Gasteiger charge is 2.20. The van der Waals surface area contributed by atoms with Crippen molar-refractivity contribution >= 4 is 11.8 Å². The van der Waals surface area contributed by atoms with Gasteiger partial charge in [-0.2, -0.15) is 0 Å². The molecule has 0 aromatic carbocycles. The van der Waals surface area contributed by atoms with E-state index in [1.807, 2.05) is 0 Å². The van der Waals surface area contributed by atoms with E-state index >= 15 is 0 Å². The van der Waals surface area contributed by atoms with Crippen LogP contribution in [-0.2, 0) is 9.59 Å². The van der Waals surface area contributed by atoms with Gasteiger partial charge in [0.05, 0.1) is 0 Å². The fourth-order valence-electron chi connectivity index (χ4n) is 0.611. The number of amides is 2. The van der Waals surface area contributed by atoms with Crippen LogP contribution in [0.3, 0.4) is 0 Å². The first kappa shape index (κ1) is 11.9. The average molecular weight is 188 g/mol. The van der Waals surface area contributed by atoms with E-state index < -0.39 is 11.3 Å². The van der Waals surface area contributed by atoms with Gasteiger partial charge in [0.25, 0.3) is 0 Å². The van der Waals surface area contributed by atoms with Gasteiger partial charge >= 0.3 is 0 Å². The van der Waals surface area contributed by atoms with Gasteiger partial charge in [-0.3, -0.25) is 14.8 Å². The van der Waals surface area contributed by atoms with Crippen LogP contribution < -0.4 is 10.8 Å². The molecule has 0 aliphatic carbocycles. The van der Waals surface area contributed by atoms with E-state index in [-0.39, 0.29) is 18.9 Å². The highest BCUT2D eigenvalue weighted by Crippen LogP contribution is 2.11. The summed E-state index contributed by atoms with van der Waals surface area (Å²) < 4.78 is 0. The number of rotatable bonds is 3. The van der Waals surface area contributed by atoms with Gasteiger partial charge in [-0.1, -0.05) is 20.8 Å². The molecule has 0 unspecified atom stereocenters. The normalized spacial score (nSPS) is 10.8. The minimum Gasteiger partial charge on any atom is -0.355 e. The summed E-state index contributed by atoms with van der Waals surface area (Å²) in [4.78, 5) is 21.8. The molecule has 0 saturated heterocycles. The van der Waals surface area contributed by atoms with E-state index in [1.165, 1.54) is 5.48 Å². The predicted molar refractivity (Wildman–Crippen MR) is 47.0 cm³/mol. The molecule has 0 bridgehead atoms. The zero-order chi connectivity index (χ0) is 10.5. The van der Waals surface area contributed by atoms with Crippen LogP contribution in [0.25, 0.3) is 0 Å². The van der Waals surface area contributed by atoms with Crippen molar-refractivity contribution in [2.24, 2.45) is 5.41 Å². The summed E-state index contributed by atoms with van der Waals surface area (Å²) in [7, 11) is 0. The van der Waals surface area contributed by atoms with Crippen LogP contribution in [0.2, 0.25) is 0 Å². The topological polar surface area (TPSA) is 78.4 Å². The molecule has 0 spiro atoms. The maximum absolute atomic E-state index is 11.2. The van der Waals surface area contributed by atoms with Gasteiger partial charge in [-0.05, 0) is 0 Å². The quantitative estimate of drug-likeness (QED) is 0.432. The maximum atomic E-state index is 11.2. The SMILES string of the molecule is CC(C)(C)C(=O)NCCC(=O)NO. The first-order valence-corrected chi connectivity index (χ1v) is 4.09. The van der Waals surface area contributed by atoms with Crippen molar-refractivity contribution < 1.29 is 14.8 Å². The zero-order valence-electron chi connectivity index (χ0n) is 8.18. The van der Waals surface area contributed by atoms with E-state index in [4.69, 9.17) is 5.21 Å². The summed E-state index contributed by atoms with van der Waals surface area (Å²) in [5.41, 5.74) is 1.04. The molecule has 3 N–H and O–H groups in total. The number of hydrogen-bond acceptors (Lipinski definition) is 3. The second-order valence-corrected chi connectivity index (χ2v) is 3.79. The minimum absolute atomic E-state index is 0.0817. The van der Waals surface area contributed by atoms with Crippen LogP contribution in [0.15, 0.2) is 0 Å². The van der Waals surface area contributed by atoms with Crippen LogP contribution in [-0.4, -0.2) is 23.6 Å². The van der Waals surface area contributed by atoms with E-state index in [0.29, 0.717) is 0 Å². The highest BCUT2D eigenvalue weighted by molar-refractivity contribution is 5.82. The Hall–Kier alpha value is -1.10. The number of nitrogens with one attached hydrogen (secondary N) is 2. The van der Waals surface area contributed by atoms with Crippen molar-refractivity contribution in [3.05, 3.63) is 0 Å². The fraction of sp³-hybridized carbons (Fsp3) is 0.750. The van der Waals surface area contributed by atoms with E-state index in [0.717, 1.165) is 0 Å².